The number of methoxy groups -OCH3 is 1. The van der Waals surface area contributed by atoms with Gasteiger partial charge in [-0.1, -0.05) is 31.2 Å². The second-order valence-electron chi connectivity index (χ2n) is 5.10. The number of carbonyl (C=O) groups is 2. The molecular weight excluding hydrogens is 306 g/mol. The molecule has 126 valence electrons. The number of para-hydroxylation sites is 1. The number of hydrogen-bond donors (Lipinski definition) is 3. The molecule has 0 atom stereocenters. The number of rotatable bonds is 6. The molecule has 3 amide bonds. The van der Waals surface area contributed by atoms with Crippen LogP contribution in [0.25, 0.3) is 0 Å². The highest BCUT2D eigenvalue weighted by Crippen LogP contribution is 2.16. The van der Waals surface area contributed by atoms with Gasteiger partial charge in [0.15, 0.2) is 0 Å². The van der Waals surface area contributed by atoms with E-state index in [1.807, 2.05) is 31.2 Å². The van der Waals surface area contributed by atoms with E-state index in [0.717, 1.165) is 17.7 Å². The van der Waals surface area contributed by atoms with Gasteiger partial charge in [-0.3, -0.25) is 4.79 Å². The molecule has 2 rings (SSSR count). The summed E-state index contributed by atoms with van der Waals surface area (Å²) in [6.45, 7) is 1.90. The average molecular weight is 327 g/mol. The fourth-order valence-electron chi connectivity index (χ4n) is 2.18. The number of aryl methyl sites for hydroxylation is 1. The quantitative estimate of drug-likeness (QED) is 0.763. The Morgan fingerprint density at radius 3 is 2.58 bits per heavy atom. The molecule has 0 aliphatic heterocycles. The molecule has 0 fully saturated rings. The van der Waals surface area contributed by atoms with E-state index in [1.165, 1.54) is 0 Å². The molecule has 3 N–H and O–H groups in total. The Balaban J connectivity index is 1.83. The van der Waals surface area contributed by atoms with Crippen molar-refractivity contribution in [2.75, 3.05) is 24.3 Å². The number of carbonyl (C=O) groups excluding carboxylic acids is 2. The van der Waals surface area contributed by atoms with Gasteiger partial charge in [-0.25, -0.2) is 4.79 Å². The third-order valence-electron chi connectivity index (χ3n) is 3.41. The molecule has 0 aliphatic rings. The molecule has 0 spiro atoms. The molecule has 2 aromatic carbocycles. The van der Waals surface area contributed by atoms with Crippen LogP contribution in [0, 0.1) is 0 Å². The van der Waals surface area contributed by atoms with Gasteiger partial charge in [-0.05, 0) is 30.2 Å². The van der Waals surface area contributed by atoms with Gasteiger partial charge in [0.05, 0.1) is 13.7 Å². The van der Waals surface area contributed by atoms with E-state index in [0.29, 0.717) is 11.4 Å². The van der Waals surface area contributed by atoms with Crippen molar-refractivity contribution in [3.05, 3.63) is 54.1 Å². The van der Waals surface area contributed by atoms with E-state index in [1.54, 1.807) is 31.4 Å². The molecule has 2 aromatic rings. The highest BCUT2D eigenvalue weighted by Gasteiger charge is 2.08. The molecule has 0 heterocycles. The first-order valence-electron chi connectivity index (χ1n) is 7.69. The first-order chi connectivity index (χ1) is 11.6. The summed E-state index contributed by atoms with van der Waals surface area (Å²) in [7, 11) is 1.55. The van der Waals surface area contributed by atoms with Crippen LogP contribution in [-0.2, 0) is 11.2 Å². The van der Waals surface area contributed by atoms with E-state index in [9.17, 15) is 9.59 Å². The van der Waals surface area contributed by atoms with Crippen molar-refractivity contribution in [1.29, 1.82) is 0 Å². The molecule has 0 saturated carbocycles. The van der Waals surface area contributed by atoms with Crippen molar-refractivity contribution >= 4 is 23.3 Å². The zero-order chi connectivity index (χ0) is 17.4. The highest BCUT2D eigenvalue weighted by molar-refractivity contribution is 5.97. The smallest absolute Gasteiger partial charge is 0.319 e. The van der Waals surface area contributed by atoms with Crippen molar-refractivity contribution in [2.45, 2.75) is 13.3 Å². The monoisotopic (exact) mass is 327 g/mol. The lowest BCUT2D eigenvalue weighted by atomic mass is 10.1. The van der Waals surface area contributed by atoms with Crippen LogP contribution in [0.3, 0.4) is 0 Å². The predicted octanol–water partition coefficient (Wildman–Crippen LogP) is 3.02. The van der Waals surface area contributed by atoms with Gasteiger partial charge in [0, 0.05) is 17.4 Å². The number of benzene rings is 2. The Morgan fingerprint density at radius 2 is 1.83 bits per heavy atom. The van der Waals surface area contributed by atoms with Crippen molar-refractivity contribution in [3.63, 3.8) is 0 Å². The normalized spacial score (nSPS) is 9.92. The standard InChI is InChI=1S/C18H21N3O3/c1-3-13-7-4-5-10-16(13)21-17(22)12-19-18(23)20-14-8-6-9-15(11-14)24-2/h4-11H,3,12H2,1-2H3,(H,21,22)(H2,19,20,23). The number of anilines is 2. The lowest BCUT2D eigenvalue weighted by Crippen LogP contribution is -2.35. The van der Waals surface area contributed by atoms with E-state index in [4.69, 9.17) is 4.74 Å². The zero-order valence-corrected chi connectivity index (χ0v) is 13.8. The fourth-order valence-corrected chi connectivity index (χ4v) is 2.18. The van der Waals surface area contributed by atoms with Gasteiger partial charge in [0.1, 0.15) is 5.75 Å². The number of amides is 3. The Hall–Kier alpha value is -3.02. The number of urea groups is 1. The maximum absolute atomic E-state index is 12.0. The van der Waals surface area contributed by atoms with Gasteiger partial charge in [-0.2, -0.15) is 0 Å². The summed E-state index contributed by atoms with van der Waals surface area (Å²) in [5, 5.41) is 7.97. The van der Waals surface area contributed by atoms with Crippen LogP contribution in [0.5, 0.6) is 5.75 Å². The Bertz CT molecular complexity index is 716. The molecule has 24 heavy (non-hydrogen) atoms. The van der Waals surface area contributed by atoms with Crippen LogP contribution in [-0.4, -0.2) is 25.6 Å². The highest BCUT2D eigenvalue weighted by atomic mass is 16.5. The number of nitrogens with one attached hydrogen (secondary N) is 3. The van der Waals surface area contributed by atoms with Gasteiger partial charge < -0.3 is 20.7 Å². The molecular formula is C18H21N3O3. The van der Waals surface area contributed by atoms with Crippen molar-refractivity contribution in [1.82, 2.24) is 5.32 Å². The molecule has 6 heteroatoms. The summed E-state index contributed by atoms with van der Waals surface area (Å²) >= 11 is 0. The van der Waals surface area contributed by atoms with Crippen LogP contribution in [0.1, 0.15) is 12.5 Å². The minimum absolute atomic E-state index is 0.117. The van der Waals surface area contributed by atoms with Gasteiger partial charge in [-0.15, -0.1) is 0 Å². The second kappa shape index (κ2) is 8.57. The topological polar surface area (TPSA) is 79.5 Å². The SMILES string of the molecule is CCc1ccccc1NC(=O)CNC(=O)Nc1cccc(OC)c1. The van der Waals surface area contributed by atoms with Gasteiger partial charge in [0.2, 0.25) is 5.91 Å². The van der Waals surface area contributed by atoms with E-state index in [-0.39, 0.29) is 12.5 Å². The minimum atomic E-state index is -0.456. The van der Waals surface area contributed by atoms with E-state index >= 15 is 0 Å². The minimum Gasteiger partial charge on any atom is -0.497 e. The van der Waals surface area contributed by atoms with Gasteiger partial charge in [0.25, 0.3) is 0 Å². The number of ether oxygens (including phenoxy) is 1. The zero-order valence-electron chi connectivity index (χ0n) is 13.8. The van der Waals surface area contributed by atoms with Crippen molar-refractivity contribution in [2.24, 2.45) is 0 Å². The summed E-state index contributed by atoms with van der Waals surface area (Å²) in [5.41, 5.74) is 2.40. The van der Waals surface area contributed by atoms with Crippen molar-refractivity contribution < 1.29 is 14.3 Å². The molecule has 0 aromatic heterocycles. The lowest BCUT2D eigenvalue weighted by molar-refractivity contribution is -0.115. The molecule has 6 nitrogen and oxygen atoms in total. The van der Waals surface area contributed by atoms with E-state index < -0.39 is 6.03 Å². The molecule has 0 radical (unpaired) electrons. The third-order valence-corrected chi connectivity index (χ3v) is 3.41. The summed E-state index contributed by atoms with van der Waals surface area (Å²) in [5.74, 6) is 0.360. The van der Waals surface area contributed by atoms with Crippen LogP contribution in [0.15, 0.2) is 48.5 Å². The summed E-state index contributed by atoms with van der Waals surface area (Å²) in [6.07, 6.45) is 0.820. The molecule has 0 unspecified atom stereocenters. The van der Waals surface area contributed by atoms with Crippen LogP contribution in [0.2, 0.25) is 0 Å². The maximum atomic E-state index is 12.0. The molecule has 0 saturated heterocycles. The largest absolute Gasteiger partial charge is 0.497 e. The average Bonchev–Trinajstić information content (AvgIpc) is 2.60. The van der Waals surface area contributed by atoms with Crippen molar-refractivity contribution in [3.8, 4) is 5.75 Å². The molecule has 0 aliphatic carbocycles. The summed E-state index contributed by atoms with van der Waals surface area (Å²) in [6, 6.07) is 14.1. The second-order valence-corrected chi connectivity index (χ2v) is 5.10. The van der Waals surface area contributed by atoms with Crippen LogP contribution < -0.4 is 20.7 Å². The van der Waals surface area contributed by atoms with Crippen LogP contribution >= 0.6 is 0 Å². The van der Waals surface area contributed by atoms with Crippen LogP contribution in [0.4, 0.5) is 16.2 Å². The Labute approximate surface area is 141 Å². The third kappa shape index (κ3) is 5.01. The molecule has 0 bridgehead atoms. The Morgan fingerprint density at radius 1 is 1.04 bits per heavy atom. The summed E-state index contributed by atoms with van der Waals surface area (Å²) in [4.78, 5) is 23.8. The first kappa shape index (κ1) is 17.3. The predicted molar refractivity (Wildman–Crippen MR) is 94.5 cm³/mol. The van der Waals surface area contributed by atoms with E-state index in [2.05, 4.69) is 16.0 Å². The maximum Gasteiger partial charge on any atom is 0.319 e. The lowest BCUT2D eigenvalue weighted by Gasteiger charge is -2.11. The van der Waals surface area contributed by atoms with Gasteiger partial charge >= 0.3 is 6.03 Å². The number of hydrogen-bond acceptors (Lipinski definition) is 3. The first-order valence-corrected chi connectivity index (χ1v) is 7.69. The Kier molecular flexibility index (Phi) is 6.19. The summed E-state index contributed by atoms with van der Waals surface area (Å²) < 4.78 is 5.09. The fraction of sp³-hybridized carbons (Fsp3) is 0.222.